The zero-order chi connectivity index (χ0) is 21.3. The average Bonchev–Trinajstić information content (AvgIpc) is 3.02. The van der Waals surface area contributed by atoms with Crippen LogP contribution in [0.25, 0.3) is 6.08 Å². The highest BCUT2D eigenvalue weighted by Crippen LogP contribution is 2.30. The maximum Gasteiger partial charge on any atom is 0.338 e. The van der Waals surface area contributed by atoms with Crippen molar-refractivity contribution in [3.8, 4) is 5.75 Å². The van der Waals surface area contributed by atoms with E-state index in [1.807, 2.05) is 36.4 Å². The van der Waals surface area contributed by atoms with Crippen LogP contribution in [0.1, 0.15) is 31.0 Å². The molecule has 0 radical (unpaired) electrons. The smallest absolute Gasteiger partial charge is 0.338 e. The van der Waals surface area contributed by atoms with E-state index >= 15 is 0 Å². The molecule has 6 nitrogen and oxygen atoms in total. The molecule has 0 aliphatic carbocycles. The lowest BCUT2D eigenvalue weighted by Crippen LogP contribution is -2.39. The molecular weight excluding hydrogens is 400 g/mol. The largest absolute Gasteiger partial charge is 0.508 e. The SMILES string of the molecule is CCOC(=O)C1=C(C)N=c2s/c(=C/c3cccc(O)c3)c(=O)n2[C@H]1c1ccccc1. The molecule has 1 aliphatic rings. The molecule has 2 aromatic carbocycles. The van der Waals surface area contributed by atoms with E-state index in [0.29, 0.717) is 26.2 Å². The first-order valence-electron chi connectivity index (χ1n) is 9.53. The van der Waals surface area contributed by atoms with Gasteiger partial charge >= 0.3 is 5.97 Å². The van der Waals surface area contributed by atoms with Gasteiger partial charge in [0.1, 0.15) is 5.75 Å². The van der Waals surface area contributed by atoms with Crippen LogP contribution in [0, 0.1) is 0 Å². The number of esters is 1. The number of phenolic OH excluding ortho intramolecular Hbond substituents is 1. The van der Waals surface area contributed by atoms with Gasteiger partial charge in [-0.2, -0.15) is 0 Å². The Morgan fingerprint density at radius 1 is 1.23 bits per heavy atom. The second-order valence-electron chi connectivity index (χ2n) is 6.81. The lowest BCUT2D eigenvalue weighted by Gasteiger charge is -2.24. The fraction of sp³-hybridized carbons (Fsp3) is 0.174. The molecule has 0 saturated heterocycles. The van der Waals surface area contributed by atoms with Crippen molar-refractivity contribution in [2.75, 3.05) is 6.61 Å². The molecule has 1 aliphatic heterocycles. The van der Waals surface area contributed by atoms with Gasteiger partial charge in [-0.1, -0.05) is 53.8 Å². The molecule has 0 fully saturated rings. The van der Waals surface area contributed by atoms with Crippen molar-refractivity contribution in [3.05, 3.63) is 96.7 Å². The first-order valence-corrected chi connectivity index (χ1v) is 10.3. The van der Waals surface area contributed by atoms with Crippen LogP contribution in [0.5, 0.6) is 5.75 Å². The Labute approximate surface area is 176 Å². The molecule has 4 rings (SSSR count). The van der Waals surface area contributed by atoms with Crippen molar-refractivity contribution in [2.24, 2.45) is 4.99 Å². The summed E-state index contributed by atoms with van der Waals surface area (Å²) in [6.07, 6.45) is 1.72. The van der Waals surface area contributed by atoms with Crippen LogP contribution in [0.2, 0.25) is 0 Å². The molecular formula is C23H20N2O4S. The molecule has 3 aromatic rings. The molecule has 1 aromatic heterocycles. The van der Waals surface area contributed by atoms with E-state index in [2.05, 4.69) is 4.99 Å². The number of ether oxygens (including phenoxy) is 1. The van der Waals surface area contributed by atoms with E-state index in [1.165, 1.54) is 11.3 Å². The fourth-order valence-electron chi connectivity index (χ4n) is 3.51. The highest BCUT2D eigenvalue weighted by molar-refractivity contribution is 7.07. The summed E-state index contributed by atoms with van der Waals surface area (Å²) in [5.41, 5.74) is 2.16. The van der Waals surface area contributed by atoms with Crippen molar-refractivity contribution in [1.82, 2.24) is 4.57 Å². The lowest BCUT2D eigenvalue weighted by molar-refractivity contribution is -0.139. The van der Waals surface area contributed by atoms with Crippen LogP contribution >= 0.6 is 11.3 Å². The molecule has 0 saturated carbocycles. The Bertz CT molecular complexity index is 1320. The van der Waals surface area contributed by atoms with Gasteiger partial charge in [-0.05, 0) is 43.2 Å². The summed E-state index contributed by atoms with van der Waals surface area (Å²) in [6, 6.07) is 15.5. The zero-order valence-corrected chi connectivity index (χ0v) is 17.3. The Morgan fingerprint density at radius 3 is 2.70 bits per heavy atom. The van der Waals surface area contributed by atoms with Crippen LogP contribution in [0.3, 0.4) is 0 Å². The Hall–Kier alpha value is -3.45. The molecule has 0 amide bonds. The van der Waals surface area contributed by atoms with Gasteiger partial charge in [0.2, 0.25) is 0 Å². The number of fused-ring (bicyclic) bond motifs is 1. The fourth-order valence-corrected chi connectivity index (χ4v) is 4.55. The van der Waals surface area contributed by atoms with Crippen molar-refractivity contribution in [1.29, 1.82) is 0 Å². The number of hydrogen-bond donors (Lipinski definition) is 1. The summed E-state index contributed by atoms with van der Waals surface area (Å²) < 4.78 is 7.29. The first-order chi connectivity index (χ1) is 14.5. The zero-order valence-electron chi connectivity index (χ0n) is 16.5. The third kappa shape index (κ3) is 3.59. The van der Waals surface area contributed by atoms with Gasteiger partial charge in [0.05, 0.1) is 28.5 Å². The van der Waals surface area contributed by atoms with Crippen LogP contribution in [0.4, 0.5) is 0 Å². The number of hydrogen-bond acceptors (Lipinski definition) is 6. The molecule has 0 spiro atoms. The number of allylic oxidation sites excluding steroid dienone is 1. The predicted octanol–water partition coefficient (Wildman–Crippen LogP) is 2.50. The Kier molecular flexibility index (Phi) is 5.37. The normalized spacial score (nSPS) is 16.2. The van der Waals surface area contributed by atoms with Gasteiger partial charge in [-0.3, -0.25) is 9.36 Å². The molecule has 2 heterocycles. The lowest BCUT2D eigenvalue weighted by atomic mass is 9.96. The minimum atomic E-state index is -0.618. The van der Waals surface area contributed by atoms with E-state index in [1.54, 1.807) is 42.7 Å². The van der Waals surface area contributed by atoms with Crippen molar-refractivity contribution < 1.29 is 14.6 Å². The van der Waals surface area contributed by atoms with Gasteiger partial charge in [0.25, 0.3) is 5.56 Å². The highest BCUT2D eigenvalue weighted by atomic mass is 32.1. The summed E-state index contributed by atoms with van der Waals surface area (Å²) in [4.78, 5) is 31.2. The summed E-state index contributed by atoms with van der Waals surface area (Å²) in [6.45, 7) is 3.74. The topological polar surface area (TPSA) is 80.9 Å². The third-order valence-corrected chi connectivity index (χ3v) is 5.78. The highest BCUT2D eigenvalue weighted by Gasteiger charge is 2.33. The standard InChI is InChI=1S/C23H20N2O4S/c1-3-29-22(28)19-14(2)24-23-25(20(19)16-9-5-4-6-10-16)21(27)18(30-23)13-15-8-7-11-17(26)12-15/h4-13,20,26H,3H2,1-2H3/b18-13+/t20-/m0/s1. The number of aromatic nitrogens is 1. The Balaban J connectivity index is 1.96. The molecule has 1 N–H and O–H groups in total. The summed E-state index contributed by atoms with van der Waals surface area (Å²) in [5.74, 6) is -0.353. The van der Waals surface area contributed by atoms with Gasteiger partial charge in [0, 0.05) is 0 Å². The minimum absolute atomic E-state index is 0.124. The minimum Gasteiger partial charge on any atom is -0.508 e. The number of aromatic hydroxyl groups is 1. The molecule has 152 valence electrons. The van der Waals surface area contributed by atoms with E-state index in [-0.39, 0.29) is 17.9 Å². The monoisotopic (exact) mass is 420 g/mol. The van der Waals surface area contributed by atoms with Crippen LogP contribution in [-0.4, -0.2) is 22.2 Å². The Morgan fingerprint density at radius 2 is 2.00 bits per heavy atom. The maximum absolute atomic E-state index is 13.4. The third-order valence-electron chi connectivity index (χ3n) is 4.80. The number of thiazole rings is 1. The molecule has 0 bridgehead atoms. The van der Waals surface area contributed by atoms with Gasteiger partial charge < -0.3 is 9.84 Å². The van der Waals surface area contributed by atoms with E-state index in [0.717, 1.165) is 5.56 Å². The van der Waals surface area contributed by atoms with E-state index in [9.17, 15) is 14.7 Å². The number of phenols is 1. The van der Waals surface area contributed by atoms with Crippen molar-refractivity contribution in [2.45, 2.75) is 19.9 Å². The second kappa shape index (κ2) is 8.12. The van der Waals surface area contributed by atoms with Crippen molar-refractivity contribution >= 4 is 23.4 Å². The first kappa shape index (κ1) is 19.8. The van der Waals surface area contributed by atoms with E-state index in [4.69, 9.17) is 4.74 Å². The van der Waals surface area contributed by atoms with E-state index < -0.39 is 12.0 Å². The van der Waals surface area contributed by atoms with Gasteiger partial charge in [0.15, 0.2) is 4.80 Å². The van der Waals surface area contributed by atoms with Crippen LogP contribution in [0.15, 0.2) is 75.7 Å². The number of benzene rings is 2. The van der Waals surface area contributed by atoms with Crippen LogP contribution in [-0.2, 0) is 9.53 Å². The van der Waals surface area contributed by atoms with Gasteiger partial charge in [-0.15, -0.1) is 0 Å². The summed E-state index contributed by atoms with van der Waals surface area (Å²) in [5, 5.41) is 9.72. The number of nitrogens with zero attached hydrogens (tertiary/aromatic N) is 2. The molecule has 1 atom stereocenters. The van der Waals surface area contributed by atoms with Gasteiger partial charge in [-0.25, -0.2) is 9.79 Å². The predicted molar refractivity (Wildman–Crippen MR) is 115 cm³/mol. The number of rotatable bonds is 4. The second-order valence-corrected chi connectivity index (χ2v) is 7.82. The maximum atomic E-state index is 13.4. The summed E-state index contributed by atoms with van der Waals surface area (Å²) in [7, 11) is 0. The molecule has 30 heavy (non-hydrogen) atoms. The summed E-state index contributed by atoms with van der Waals surface area (Å²) >= 11 is 1.25. The van der Waals surface area contributed by atoms with Crippen LogP contribution < -0.4 is 14.9 Å². The number of carbonyl (C=O) groups is 1. The quantitative estimate of drug-likeness (QED) is 0.658. The van der Waals surface area contributed by atoms with Crippen molar-refractivity contribution in [3.63, 3.8) is 0 Å². The molecule has 0 unspecified atom stereocenters. The molecule has 7 heteroatoms. The number of carbonyl (C=O) groups excluding carboxylic acids is 1. The average molecular weight is 420 g/mol.